The van der Waals surface area contributed by atoms with Crippen LogP contribution in [0.15, 0.2) is 146 Å². The molecular formula is C66H70BN3. The maximum atomic E-state index is 2.95. The van der Waals surface area contributed by atoms with Gasteiger partial charge in [-0.25, -0.2) is 0 Å². The molecule has 2 aliphatic carbocycles. The lowest BCUT2D eigenvalue weighted by Gasteiger charge is -2.54. The molecule has 4 atom stereocenters. The Morgan fingerprint density at radius 2 is 1.00 bits per heavy atom. The van der Waals surface area contributed by atoms with Crippen LogP contribution in [0.5, 0.6) is 0 Å². The van der Waals surface area contributed by atoms with Crippen molar-refractivity contribution in [2.24, 2.45) is 0 Å². The lowest BCUT2D eigenvalue weighted by Crippen LogP contribution is -2.64. The zero-order valence-corrected chi connectivity index (χ0v) is 43.4. The highest BCUT2D eigenvalue weighted by Crippen LogP contribution is 2.65. The summed E-state index contributed by atoms with van der Waals surface area (Å²) in [5, 5.41) is 0. The van der Waals surface area contributed by atoms with Gasteiger partial charge in [0.1, 0.15) is 0 Å². The fourth-order valence-electron chi connectivity index (χ4n) is 15.1. The molecule has 4 heteroatoms. The van der Waals surface area contributed by atoms with Gasteiger partial charge >= 0.3 is 0 Å². The van der Waals surface area contributed by atoms with Crippen LogP contribution in [-0.2, 0) is 21.7 Å². The van der Waals surface area contributed by atoms with Crippen molar-refractivity contribution in [1.29, 1.82) is 0 Å². The summed E-state index contributed by atoms with van der Waals surface area (Å²) in [6, 6.07) is 57.4. The van der Waals surface area contributed by atoms with Gasteiger partial charge in [-0.2, -0.15) is 0 Å². The van der Waals surface area contributed by atoms with Crippen LogP contribution < -0.4 is 31.1 Å². The van der Waals surface area contributed by atoms with Gasteiger partial charge in [-0.3, -0.25) is 0 Å². The predicted molar refractivity (Wildman–Crippen MR) is 300 cm³/mol. The van der Waals surface area contributed by atoms with Gasteiger partial charge < -0.3 is 14.7 Å². The van der Waals surface area contributed by atoms with E-state index in [0.717, 1.165) is 12.8 Å². The van der Waals surface area contributed by atoms with Gasteiger partial charge in [0.15, 0.2) is 0 Å². The quantitative estimate of drug-likeness (QED) is 0.163. The van der Waals surface area contributed by atoms with E-state index in [-0.39, 0.29) is 39.5 Å². The van der Waals surface area contributed by atoms with Gasteiger partial charge in [0.05, 0.1) is 11.1 Å². The summed E-state index contributed by atoms with van der Waals surface area (Å²) >= 11 is 0. The predicted octanol–water partition coefficient (Wildman–Crippen LogP) is 15.7. The van der Waals surface area contributed by atoms with E-state index in [1.807, 2.05) is 0 Å². The van der Waals surface area contributed by atoms with Crippen molar-refractivity contribution in [2.45, 2.75) is 153 Å². The van der Waals surface area contributed by atoms with E-state index in [4.69, 9.17) is 0 Å². The van der Waals surface area contributed by atoms with Crippen LogP contribution in [-0.4, -0.2) is 17.8 Å². The largest absolute Gasteiger partial charge is 0.335 e. The minimum atomic E-state index is -0.122. The normalized spacial score (nSPS) is 24.9. The Morgan fingerprint density at radius 1 is 0.414 bits per heavy atom. The van der Waals surface area contributed by atoms with Crippen LogP contribution in [0.4, 0.5) is 39.8 Å². The molecule has 4 unspecified atom stereocenters. The summed E-state index contributed by atoms with van der Waals surface area (Å²) in [5.74, 6) is 0. The number of anilines is 7. The zero-order valence-electron chi connectivity index (χ0n) is 43.4. The van der Waals surface area contributed by atoms with Crippen LogP contribution in [0.2, 0.25) is 0 Å². The molecule has 352 valence electrons. The summed E-state index contributed by atoms with van der Waals surface area (Å²) in [6.45, 7) is 24.8. The number of hydrogen-bond donors (Lipinski definition) is 0. The third-order valence-corrected chi connectivity index (χ3v) is 19.4. The zero-order chi connectivity index (χ0) is 48.3. The van der Waals surface area contributed by atoms with E-state index < -0.39 is 0 Å². The number of nitrogens with zero attached hydrogens (tertiary/aromatic N) is 3. The maximum Gasteiger partial charge on any atom is 0.252 e. The second-order valence-corrected chi connectivity index (χ2v) is 25.2. The Balaban J connectivity index is 1.15. The summed E-state index contributed by atoms with van der Waals surface area (Å²) in [6.07, 6.45) is 9.68. The SMILES string of the molecule is CC(C)(C)c1cccc(N2c3cc(C(C)(C)C)ccc3B3c4cc(-c5ccccc5)cc5c4N(c4cc(N6c7ccc(-c8ccccc8)cc7C7(C)CCCCC67C)cc2c43)C2(C)CCCCC52C)c1. The first-order chi connectivity index (χ1) is 33.4. The summed E-state index contributed by atoms with van der Waals surface area (Å²) in [4.78, 5) is 8.52. The number of hydrogen-bond acceptors (Lipinski definition) is 3. The Morgan fingerprint density at radius 3 is 1.67 bits per heavy atom. The lowest BCUT2D eigenvalue weighted by atomic mass is 9.33. The average molecular weight is 916 g/mol. The summed E-state index contributed by atoms with van der Waals surface area (Å²) in [7, 11) is 0. The van der Waals surface area contributed by atoms with Gasteiger partial charge in [0.2, 0.25) is 0 Å². The maximum absolute atomic E-state index is 2.95. The third kappa shape index (κ3) is 5.89. The van der Waals surface area contributed by atoms with E-state index in [9.17, 15) is 0 Å². The highest BCUT2D eigenvalue weighted by atomic mass is 15.3. The van der Waals surface area contributed by atoms with Crippen LogP contribution in [0.25, 0.3) is 22.3 Å². The molecule has 7 aromatic carbocycles. The first kappa shape index (κ1) is 44.0. The van der Waals surface area contributed by atoms with Crippen molar-refractivity contribution in [1.82, 2.24) is 0 Å². The van der Waals surface area contributed by atoms with Crippen molar-refractivity contribution < 1.29 is 0 Å². The van der Waals surface area contributed by atoms with Crippen LogP contribution in [0.3, 0.4) is 0 Å². The fourth-order valence-corrected chi connectivity index (χ4v) is 15.1. The van der Waals surface area contributed by atoms with Gasteiger partial charge in [0.25, 0.3) is 6.71 Å². The molecule has 0 aromatic heterocycles. The first-order valence-corrected chi connectivity index (χ1v) is 26.7. The van der Waals surface area contributed by atoms with Crippen molar-refractivity contribution in [3.63, 3.8) is 0 Å². The molecule has 0 spiro atoms. The van der Waals surface area contributed by atoms with E-state index in [2.05, 4.69) is 230 Å². The van der Waals surface area contributed by atoms with E-state index >= 15 is 0 Å². The summed E-state index contributed by atoms with van der Waals surface area (Å²) in [5.41, 5.74) is 24.5. The number of benzene rings is 7. The Hall–Kier alpha value is -6.00. The average Bonchev–Trinajstić information content (AvgIpc) is 3.70. The van der Waals surface area contributed by atoms with E-state index in [0.29, 0.717) is 0 Å². The van der Waals surface area contributed by atoms with Crippen molar-refractivity contribution in [3.05, 3.63) is 168 Å². The molecule has 2 fully saturated rings. The van der Waals surface area contributed by atoms with Gasteiger partial charge in [-0.1, -0.05) is 178 Å². The highest BCUT2D eigenvalue weighted by Gasteiger charge is 2.63. The molecule has 2 saturated carbocycles. The molecule has 4 aliphatic heterocycles. The minimum Gasteiger partial charge on any atom is -0.335 e. The molecule has 13 rings (SSSR count). The molecule has 0 N–H and O–H groups in total. The second kappa shape index (κ2) is 14.8. The van der Waals surface area contributed by atoms with Crippen molar-refractivity contribution >= 4 is 62.9 Å². The van der Waals surface area contributed by atoms with Crippen LogP contribution >= 0.6 is 0 Å². The minimum absolute atomic E-state index is 0.0116. The Bertz CT molecular complexity index is 3290. The Labute approximate surface area is 419 Å². The number of rotatable bonds is 4. The summed E-state index contributed by atoms with van der Waals surface area (Å²) < 4.78 is 0. The molecule has 0 radical (unpaired) electrons. The molecule has 7 aromatic rings. The van der Waals surface area contributed by atoms with Gasteiger partial charge in [-0.05, 0) is 160 Å². The highest BCUT2D eigenvalue weighted by molar-refractivity contribution is 7.00. The standard InChI is InChI=1S/C66H70BN3/c1-61(2,3)47-26-21-27-49(39-47)68-56-40-48(62(4,5)6)29-30-53(56)67-54-38-46(44-24-15-12-16-25-44)37-52-60(54)70(66(10)35-20-18-33-64(52,66)8)58-42-50(41-57(68)59(58)67)69-55-31-28-45(43-22-13-11-14-23-43)36-51(55)63(7)32-17-19-34-65(63,69)9/h11-16,21-31,36-42H,17-20,32-35H2,1-10H3. The molecule has 3 nitrogen and oxygen atoms in total. The lowest BCUT2D eigenvalue weighted by molar-refractivity contribution is 0.194. The van der Waals surface area contributed by atoms with E-state index in [1.165, 1.54) is 134 Å². The van der Waals surface area contributed by atoms with E-state index in [1.54, 1.807) is 5.56 Å². The number of fused-ring (bicyclic) bond motifs is 10. The van der Waals surface area contributed by atoms with Gasteiger partial charge in [0, 0.05) is 50.6 Å². The molecule has 0 bridgehead atoms. The van der Waals surface area contributed by atoms with Crippen molar-refractivity contribution in [3.8, 4) is 22.3 Å². The van der Waals surface area contributed by atoms with Crippen molar-refractivity contribution in [2.75, 3.05) is 14.7 Å². The first-order valence-electron chi connectivity index (χ1n) is 26.7. The molecule has 0 saturated heterocycles. The molecule has 4 heterocycles. The van der Waals surface area contributed by atoms with Crippen LogP contribution in [0, 0.1) is 0 Å². The smallest absolute Gasteiger partial charge is 0.252 e. The fraction of sp³-hybridized carbons (Fsp3) is 0.364. The monoisotopic (exact) mass is 916 g/mol. The molecular weight excluding hydrogens is 846 g/mol. The van der Waals surface area contributed by atoms with Gasteiger partial charge in [-0.15, -0.1) is 0 Å². The molecule has 70 heavy (non-hydrogen) atoms. The molecule has 6 aliphatic rings. The third-order valence-electron chi connectivity index (χ3n) is 19.4. The molecule has 0 amide bonds. The van der Waals surface area contributed by atoms with Crippen LogP contribution in [0.1, 0.15) is 143 Å². The second-order valence-electron chi connectivity index (χ2n) is 25.2. The Kier molecular flexibility index (Phi) is 9.29. The topological polar surface area (TPSA) is 9.72 Å².